The van der Waals surface area contributed by atoms with Gasteiger partial charge in [0.25, 0.3) is 5.91 Å². The van der Waals surface area contributed by atoms with Crippen LogP contribution in [-0.2, 0) is 4.74 Å². The van der Waals surface area contributed by atoms with Crippen molar-refractivity contribution in [3.63, 3.8) is 0 Å². The van der Waals surface area contributed by atoms with Gasteiger partial charge in [0.2, 0.25) is 5.95 Å². The predicted octanol–water partition coefficient (Wildman–Crippen LogP) is 1.63. The lowest BCUT2D eigenvalue weighted by Crippen LogP contribution is -2.43. The third-order valence-electron chi connectivity index (χ3n) is 5.05. The number of nitrogens with one attached hydrogen (secondary N) is 1. The molecular weight excluding hydrogens is 318 g/mol. The van der Waals surface area contributed by atoms with Crippen molar-refractivity contribution in [1.82, 2.24) is 19.8 Å². The molecule has 2 saturated heterocycles. The average molecular weight is 347 g/mol. The summed E-state index contributed by atoms with van der Waals surface area (Å²) in [7, 11) is 0. The van der Waals surface area contributed by atoms with Gasteiger partial charge in [-0.1, -0.05) is 6.92 Å². The Morgan fingerprint density at radius 3 is 2.96 bits per heavy atom. The van der Waals surface area contributed by atoms with E-state index in [-0.39, 0.29) is 5.91 Å². The van der Waals surface area contributed by atoms with Crippen LogP contribution in [0.2, 0.25) is 0 Å². The third kappa shape index (κ3) is 4.89. The summed E-state index contributed by atoms with van der Waals surface area (Å²) in [6.07, 6.45) is 6.06. The summed E-state index contributed by atoms with van der Waals surface area (Å²) >= 11 is 0. The van der Waals surface area contributed by atoms with Gasteiger partial charge in [-0.3, -0.25) is 9.69 Å². The molecule has 1 N–H and O–H groups in total. The summed E-state index contributed by atoms with van der Waals surface area (Å²) in [5.74, 6) is 0.564. The largest absolute Gasteiger partial charge is 0.379 e. The molecular formula is C18H29N5O2. The minimum atomic E-state index is 0.0326. The number of aromatic nitrogens is 2. The molecule has 0 aliphatic carbocycles. The molecule has 0 bridgehead atoms. The fourth-order valence-corrected chi connectivity index (χ4v) is 3.55. The number of amides is 1. The number of ether oxygens (including phenoxy) is 1. The number of anilines is 1. The first-order valence-corrected chi connectivity index (χ1v) is 9.46. The highest BCUT2D eigenvalue weighted by Crippen LogP contribution is 2.21. The molecule has 7 nitrogen and oxygen atoms in total. The highest BCUT2D eigenvalue weighted by atomic mass is 16.5. The summed E-state index contributed by atoms with van der Waals surface area (Å²) in [5.41, 5.74) is 0.490. The summed E-state index contributed by atoms with van der Waals surface area (Å²) in [5, 5.41) is 3.24. The van der Waals surface area contributed by atoms with Gasteiger partial charge < -0.3 is 15.0 Å². The summed E-state index contributed by atoms with van der Waals surface area (Å²) in [6.45, 7) is 8.20. The minimum Gasteiger partial charge on any atom is -0.379 e. The average Bonchev–Trinajstić information content (AvgIpc) is 2.68. The van der Waals surface area contributed by atoms with E-state index in [1.807, 2.05) is 4.90 Å². The molecule has 1 unspecified atom stereocenters. The first-order valence-electron chi connectivity index (χ1n) is 9.46. The van der Waals surface area contributed by atoms with Crippen LogP contribution in [0.5, 0.6) is 0 Å². The maximum atomic E-state index is 12.8. The van der Waals surface area contributed by atoms with Crippen LogP contribution in [0.3, 0.4) is 0 Å². The normalized spacial score (nSPS) is 22.0. The summed E-state index contributed by atoms with van der Waals surface area (Å²) in [4.78, 5) is 25.9. The number of carbonyl (C=O) groups is 1. The Labute approximate surface area is 149 Å². The second-order valence-electron chi connectivity index (χ2n) is 6.70. The van der Waals surface area contributed by atoms with E-state index in [1.54, 1.807) is 12.3 Å². The van der Waals surface area contributed by atoms with Gasteiger partial charge in [0.1, 0.15) is 5.69 Å². The first-order chi connectivity index (χ1) is 12.3. The first kappa shape index (κ1) is 18.1. The van der Waals surface area contributed by atoms with Gasteiger partial charge in [0, 0.05) is 45.0 Å². The van der Waals surface area contributed by atoms with E-state index in [4.69, 9.17) is 4.74 Å². The molecule has 0 aromatic carbocycles. The number of morpholine rings is 1. The van der Waals surface area contributed by atoms with Crippen LogP contribution in [0.25, 0.3) is 0 Å². The molecule has 3 rings (SSSR count). The number of carbonyl (C=O) groups excluding carboxylic acids is 1. The number of likely N-dealkylation sites (tertiary alicyclic amines) is 1. The van der Waals surface area contributed by atoms with E-state index in [9.17, 15) is 4.79 Å². The molecule has 3 heterocycles. The van der Waals surface area contributed by atoms with Crippen LogP contribution in [-0.4, -0.2) is 77.7 Å². The lowest BCUT2D eigenvalue weighted by Gasteiger charge is -2.35. The van der Waals surface area contributed by atoms with Gasteiger partial charge in [0.05, 0.1) is 13.2 Å². The number of hydrogen-bond acceptors (Lipinski definition) is 6. The highest BCUT2D eigenvalue weighted by Gasteiger charge is 2.27. The fraction of sp³-hybridized carbons (Fsp3) is 0.722. The van der Waals surface area contributed by atoms with Crippen LogP contribution in [0.4, 0.5) is 5.95 Å². The van der Waals surface area contributed by atoms with Crippen molar-refractivity contribution >= 4 is 11.9 Å². The number of nitrogens with zero attached hydrogens (tertiary/aromatic N) is 4. The Hall–Kier alpha value is -1.73. The van der Waals surface area contributed by atoms with Crippen LogP contribution >= 0.6 is 0 Å². The molecule has 2 aliphatic rings. The zero-order valence-electron chi connectivity index (χ0n) is 15.1. The van der Waals surface area contributed by atoms with Crippen molar-refractivity contribution < 1.29 is 9.53 Å². The molecule has 1 atom stereocenters. The van der Waals surface area contributed by atoms with Gasteiger partial charge in [-0.25, -0.2) is 9.97 Å². The van der Waals surface area contributed by atoms with Gasteiger partial charge >= 0.3 is 0 Å². The molecule has 138 valence electrons. The maximum absolute atomic E-state index is 12.8. The molecule has 0 saturated carbocycles. The van der Waals surface area contributed by atoms with Crippen LogP contribution in [0.1, 0.15) is 43.1 Å². The second-order valence-corrected chi connectivity index (χ2v) is 6.70. The topological polar surface area (TPSA) is 70.6 Å². The predicted molar refractivity (Wildman–Crippen MR) is 96.7 cm³/mol. The zero-order valence-corrected chi connectivity index (χ0v) is 15.1. The Bertz CT molecular complexity index is 562. The van der Waals surface area contributed by atoms with Crippen LogP contribution in [0.15, 0.2) is 12.3 Å². The minimum absolute atomic E-state index is 0.0326. The second kappa shape index (κ2) is 9.10. The number of rotatable bonds is 6. The van der Waals surface area contributed by atoms with Crippen molar-refractivity contribution in [3.05, 3.63) is 18.0 Å². The Kier molecular flexibility index (Phi) is 6.58. The molecule has 2 fully saturated rings. The number of hydrogen-bond donors (Lipinski definition) is 1. The molecule has 1 aromatic rings. The van der Waals surface area contributed by atoms with Gasteiger partial charge in [-0.15, -0.1) is 0 Å². The zero-order chi connectivity index (χ0) is 17.5. The Morgan fingerprint density at radius 1 is 1.32 bits per heavy atom. The Morgan fingerprint density at radius 2 is 2.16 bits per heavy atom. The quantitative estimate of drug-likeness (QED) is 0.843. The van der Waals surface area contributed by atoms with Crippen LogP contribution in [0, 0.1) is 0 Å². The molecule has 1 aromatic heterocycles. The summed E-state index contributed by atoms with van der Waals surface area (Å²) < 4.78 is 5.35. The highest BCUT2D eigenvalue weighted by molar-refractivity contribution is 5.92. The molecule has 25 heavy (non-hydrogen) atoms. The lowest BCUT2D eigenvalue weighted by molar-refractivity contribution is 0.0398. The summed E-state index contributed by atoms with van der Waals surface area (Å²) in [6, 6.07) is 2.06. The smallest absolute Gasteiger partial charge is 0.272 e. The standard InChI is InChI=1S/C18H29N5O2/c1-2-15-5-3-4-9-23(15)17(24)16-6-7-19-18(21-16)20-8-10-22-11-13-25-14-12-22/h6-7,15H,2-5,8-14H2,1H3,(H,19,20,21). The maximum Gasteiger partial charge on any atom is 0.272 e. The van der Waals surface area contributed by atoms with E-state index in [1.165, 1.54) is 6.42 Å². The van der Waals surface area contributed by atoms with E-state index >= 15 is 0 Å². The lowest BCUT2D eigenvalue weighted by atomic mass is 9.99. The van der Waals surface area contributed by atoms with Crippen molar-refractivity contribution in [2.24, 2.45) is 0 Å². The molecule has 0 radical (unpaired) electrons. The molecule has 7 heteroatoms. The van der Waals surface area contributed by atoms with Gasteiger partial charge in [-0.05, 0) is 31.7 Å². The molecule has 0 spiro atoms. The molecule has 2 aliphatic heterocycles. The number of piperidine rings is 1. The molecule has 1 amide bonds. The third-order valence-corrected chi connectivity index (χ3v) is 5.05. The monoisotopic (exact) mass is 347 g/mol. The van der Waals surface area contributed by atoms with Crippen molar-refractivity contribution in [2.75, 3.05) is 51.3 Å². The fourth-order valence-electron chi connectivity index (χ4n) is 3.55. The van der Waals surface area contributed by atoms with E-state index in [2.05, 4.69) is 27.1 Å². The van der Waals surface area contributed by atoms with Crippen molar-refractivity contribution in [3.8, 4) is 0 Å². The van der Waals surface area contributed by atoms with Crippen molar-refractivity contribution in [1.29, 1.82) is 0 Å². The Balaban J connectivity index is 1.55. The van der Waals surface area contributed by atoms with Gasteiger partial charge in [0.15, 0.2) is 0 Å². The van der Waals surface area contributed by atoms with Gasteiger partial charge in [-0.2, -0.15) is 0 Å². The SMILES string of the molecule is CCC1CCCCN1C(=O)c1ccnc(NCCN2CCOCC2)n1. The van der Waals surface area contributed by atoms with E-state index in [0.717, 1.165) is 65.2 Å². The van der Waals surface area contributed by atoms with E-state index in [0.29, 0.717) is 17.7 Å². The van der Waals surface area contributed by atoms with Crippen LogP contribution < -0.4 is 5.32 Å². The van der Waals surface area contributed by atoms with Crippen molar-refractivity contribution in [2.45, 2.75) is 38.6 Å². The van der Waals surface area contributed by atoms with E-state index < -0.39 is 0 Å².